The number of aromatic hydroxyl groups is 1. The zero-order chi connectivity index (χ0) is 25.1. The van der Waals surface area contributed by atoms with E-state index in [0.29, 0.717) is 22.5 Å². The first kappa shape index (κ1) is 26.0. The number of phenolic OH excluding ortho intramolecular Hbond substituents is 1. The van der Waals surface area contributed by atoms with Crippen LogP contribution in [0.2, 0.25) is 0 Å². The zero-order valence-corrected chi connectivity index (χ0v) is 22.5. The Hall–Kier alpha value is -2.04. The van der Waals surface area contributed by atoms with Gasteiger partial charge in [-0.3, -0.25) is 0 Å². The number of benzene rings is 2. The summed E-state index contributed by atoms with van der Waals surface area (Å²) in [5.41, 5.74) is 6.57. The lowest BCUT2D eigenvalue weighted by Gasteiger charge is -2.55. The molecule has 2 aromatic carbocycles. The second-order valence-electron chi connectivity index (χ2n) is 11.8. The van der Waals surface area contributed by atoms with E-state index in [1.165, 1.54) is 43.2 Å². The normalized spacial score (nSPS) is 25.8. The molecule has 0 aromatic heterocycles. The average molecular weight is 479 g/mol. The van der Waals surface area contributed by atoms with Crippen LogP contribution in [0.1, 0.15) is 81.5 Å². The molecule has 35 heavy (non-hydrogen) atoms. The second-order valence-corrected chi connectivity index (χ2v) is 11.8. The lowest BCUT2D eigenvalue weighted by atomic mass is 9.49. The van der Waals surface area contributed by atoms with Crippen molar-refractivity contribution in [1.29, 1.82) is 0 Å². The third-order valence-corrected chi connectivity index (χ3v) is 9.01. The highest BCUT2D eigenvalue weighted by molar-refractivity contribution is 5.43. The summed E-state index contributed by atoms with van der Waals surface area (Å²) in [7, 11) is 1.59. The van der Waals surface area contributed by atoms with Gasteiger partial charge in [-0.2, -0.15) is 0 Å². The van der Waals surface area contributed by atoms with Gasteiger partial charge in [0.25, 0.3) is 0 Å². The van der Waals surface area contributed by atoms with Gasteiger partial charge in [0, 0.05) is 19.6 Å². The zero-order valence-electron chi connectivity index (χ0n) is 22.5. The molecule has 2 aliphatic carbocycles. The maximum Gasteiger partial charge on any atom is 0.160 e. The third kappa shape index (κ3) is 5.54. The van der Waals surface area contributed by atoms with Gasteiger partial charge in [0.05, 0.1) is 7.11 Å². The largest absolute Gasteiger partial charge is 0.504 e. The molecule has 0 saturated heterocycles. The van der Waals surface area contributed by atoms with Crippen molar-refractivity contribution in [3.63, 3.8) is 0 Å². The lowest BCUT2D eigenvalue weighted by Crippen LogP contribution is -2.53. The Morgan fingerprint density at radius 3 is 2.60 bits per heavy atom. The number of fused-ring (bicyclic) bond motifs is 3. The van der Waals surface area contributed by atoms with E-state index in [-0.39, 0.29) is 5.75 Å². The number of nitrogens with one attached hydrogen (secondary N) is 2. The van der Waals surface area contributed by atoms with Crippen molar-refractivity contribution in [3.05, 3.63) is 58.7 Å². The molecule has 0 amide bonds. The van der Waals surface area contributed by atoms with Crippen LogP contribution in [0.15, 0.2) is 36.4 Å². The first-order valence-corrected chi connectivity index (χ1v) is 13.7. The maximum absolute atomic E-state index is 9.75. The molecule has 2 aromatic rings. The molecule has 2 aliphatic rings. The molecule has 1 fully saturated rings. The summed E-state index contributed by atoms with van der Waals surface area (Å²) in [6.45, 7) is 13.7. The molecule has 4 rings (SSSR count). The number of rotatable bonds is 10. The van der Waals surface area contributed by atoms with Crippen molar-refractivity contribution in [3.8, 4) is 11.5 Å². The van der Waals surface area contributed by atoms with Crippen LogP contribution in [-0.4, -0.2) is 38.4 Å². The van der Waals surface area contributed by atoms with Gasteiger partial charge in [-0.25, -0.2) is 0 Å². The molecule has 3 atom stereocenters. The van der Waals surface area contributed by atoms with Crippen molar-refractivity contribution >= 4 is 0 Å². The summed E-state index contributed by atoms with van der Waals surface area (Å²) in [6.07, 6.45) is 7.45. The van der Waals surface area contributed by atoms with Crippen LogP contribution in [0.25, 0.3) is 0 Å². The van der Waals surface area contributed by atoms with E-state index in [1.807, 2.05) is 12.1 Å². The number of hydrogen-bond donors (Lipinski definition) is 3. The Balaban J connectivity index is 1.27. The Morgan fingerprint density at radius 1 is 1.03 bits per heavy atom. The Morgan fingerprint density at radius 2 is 1.83 bits per heavy atom. The molecule has 0 unspecified atom stereocenters. The van der Waals surface area contributed by atoms with Gasteiger partial charge in [-0.05, 0) is 95.7 Å². The van der Waals surface area contributed by atoms with Crippen molar-refractivity contribution in [2.45, 2.75) is 77.6 Å². The van der Waals surface area contributed by atoms with E-state index < -0.39 is 0 Å². The molecule has 0 heterocycles. The topological polar surface area (TPSA) is 53.5 Å². The van der Waals surface area contributed by atoms with Crippen LogP contribution in [0.4, 0.5) is 0 Å². The van der Waals surface area contributed by atoms with E-state index in [1.54, 1.807) is 24.3 Å². The van der Waals surface area contributed by atoms with E-state index in [9.17, 15) is 5.11 Å². The fourth-order valence-corrected chi connectivity index (χ4v) is 7.00. The maximum atomic E-state index is 9.75. The molecule has 0 spiro atoms. The monoisotopic (exact) mass is 478 g/mol. The molecule has 1 saturated carbocycles. The molecule has 3 N–H and O–H groups in total. The Kier molecular flexibility index (Phi) is 8.12. The molecule has 4 nitrogen and oxygen atoms in total. The highest BCUT2D eigenvalue weighted by Gasteiger charge is 2.51. The van der Waals surface area contributed by atoms with Gasteiger partial charge in [-0.15, -0.1) is 0 Å². The Labute approximate surface area is 212 Å². The summed E-state index contributed by atoms with van der Waals surface area (Å²) in [6, 6.07) is 13.0. The third-order valence-electron chi connectivity index (χ3n) is 9.01. The fraction of sp³-hybridized carbons (Fsp3) is 0.613. The predicted octanol–water partition coefficient (Wildman–Crippen LogP) is 5.96. The number of methoxy groups -OCH3 is 1. The first-order valence-electron chi connectivity index (χ1n) is 13.7. The smallest absolute Gasteiger partial charge is 0.160 e. The van der Waals surface area contributed by atoms with Crippen LogP contribution in [0, 0.1) is 11.3 Å². The highest BCUT2D eigenvalue weighted by atomic mass is 16.5. The van der Waals surface area contributed by atoms with Gasteiger partial charge >= 0.3 is 0 Å². The van der Waals surface area contributed by atoms with Crippen LogP contribution in [-0.2, 0) is 18.3 Å². The number of ether oxygens (including phenoxy) is 1. The summed E-state index contributed by atoms with van der Waals surface area (Å²) >= 11 is 0. The van der Waals surface area contributed by atoms with Crippen LogP contribution >= 0.6 is 0 Å². The van der Waals surface area contributed by atoms with Crippen molar-refractivity contribution < 1.29 is 9.84 Å². The minimum Gasteiger partial charge on any atom is -0.504 e. The van der Waals surface area contributed by atoms with Crippen LogP contribution < -0.4 is 15.4 Å². The quantitative estimate of drug-likeness (QED) is 0.369. The van der Waals surface area contributed by atoms with Crippen LogP contribution in [0.3, 0.4) is 0 Å². The fourth-order valence-electron chi connectivity index (χ4n) is 7.00. The van der Waals surface area contributed by atoms with Gasteiger partial charge in [0.2, 0.25) is 0 Å². The summed E-state index contributed by atoms with van der Waals surface area (Å²) < 4.78 is 5.21. The molecule has 192 valence electrons. The summed E-state index contributed by atoms with van der Waals surface area (Å²) in [5, 5.41) is 17.1. The van der Waals surface area contributed by atoms with E-state index >= 15 is 0 Å². The standard InChI is InChI=1S/C31H46N2O2/c1-22(2)24-8-10-26-25(20-24)9-12-29-30(3,14-6-15-31(26,29)4)21-33-18-17-32-16-13-23-7-11-27(34)28(19-23)35-5/h7-8,10-11,19-20,22,29,32-34H,6,9,12-18,21H2,1-5H3/t29-,30-,31+/m0/s1. The van der Waals surface area contributed by atoms with Gasteiger partial charge in [-0.1, -0.05) is 58.4 Å². The lowest BCUT2D eigenvalue weighted by molar-refractivity contribution is 0.0261. The van der Waals surface area contributed by atoms with E-state index in [4.69, 9.17) is 4.74 Å². The van der Waals surface area contributed by atoms with Crippen LogP contribution in [0.5, 0.6) is 11.5 Å². The molecule has 0 radical (unpaired) electrons. The van der Waals surface area contributed by atoms with Gasteiger partial charge in [0.15, 0.2) is 11.5 Å². The SMILES string of the molecule is COc1cc(CCNCCNC[C@]2(C)CCC[C@]3(C)c4ccc(C(C)C)cc4CC[C@@H]23)ccc1O. The minimum atomic E-state index is 0.197. The second kappa shape index (κ2) is 10.9. The molecular weight excluding hydrogens is 432 g/mol. The van der Waals surface area contributed by atoms with Gasteiger partial charge in [0.1, 0.15) is 0 Å². The van der Waals surface area contributed by atoms with Crippen molar-refractivity contribution in [2.24, 2.45) is 11.3 Å². The van der Waals surface area contributed by atoms with E-state index in [2.05, 4.69) is 56.5 Å². The molecule has 0 aliphatic heterocycles. The molecule has 0 bridgehead atoms. The van der Waals surface area contributed by atoms with Crippen molar-refractivity contribution in [1.82, 2.24) is 10.6 Å². The molecule has 4 heteroatoms. The summed E-state index contributed by atoms with van der Waals surface area (Å²) in [5.74, 6) is 2.08. The average Bonchev–Trinajstić information content (AvgIpc) is 2.84. The number of phenols is 1. The predicted molar refractivity (Wildman–Crippen MR) is 146 cm³/mol. The van der Waals surface area contributed by atoms with Crippen molar-refractivity contribution in [2.75, 3.05) is 33.3 Å². The number of hydrogen-bond acceptors (Lipinski definition) is 4. The minimum absolute atomic E-state index is 0.197. The summed E-state index contributed by atoms with van der Waals surface area (Å²) in [4.78, 5) is 0. The van der Waals surface area contributed by atoms with E-state index in [0.717, 1.165) is 38.5 Å². The first-order chi connectivity index (χ1) is 16.8. The van der Waals surface area contributed by atoms with Gasteiger partial charge < -0.3 is 20.5 Å². The number of aryl methyl sites for hydroxylation is 1. The Bertz CT molecular complexity index is 1000. The molecular formula is C31H46N2O2. The highest BCUT2D eigenvalue weighted by Crippen LogP contribution is 2.57.